The van der Waals surface area contributed by atoms with Gasteiger partial charge in [0, 0.05) is 29.8 Å². The van der Waals surface area contributed by atoms with Gasteiger partial charge < -0.3 is 5.32 Å². The molecule has 0 aliphatic carbocycles. The monoisotopic (exact) mass is 222 g/mol. The van der Waals surface area contributed by atoms with Crippen LogP contribution in [0.25, 0.3) is 0 Å². The van der Waals surface area contributed by atoms with Crippen LogP contribution >= 0.6 is 0 Å². The quantitative estimate of drug-likeness (QED) is 0.585. The van der Waals surface area contributed by atoms with Gasteiger partial charge in [0.15, 0.2) is 0 Å². The van der Waals surface area contributed by atoms with E-state index in [1.54, 1.807) is 12.1 Å². The third-order valence-corrected chi connectivity index (χ3v) is 2.66. The van der Waals surface area contributed by atoms with Gasteiger partial charge in [0.2, 0.25) is 0 Å². The Kier molecular flexibility index (Phi) is 3.52. The van der Waals surface area contributed by atoms with Gasteiger partial charge >= 0.3 is 0 Å². The number of non-ortho nitro benzene ring substituents is 1. The van der Waals surface area contributed by atoms with Crippen molar-refractivity contribution in [3.05, 3.63) is 33.9 Å². The maximum atomic E-state index is 10.5. The number of rotatable bonds is 1. The van der Waals surface area contributed by atoms with Crippen molar-refractivity contribution in [1.29, 1.82) is 0 Å². The molecule has 0 bridgehead atoms. The number of hydrogen-bond acceptors (Lipinski definition) is 3. The maximum absolute atomic E-state index is 10.5. The predicted molar refractivity (Wildman–Crippen MR) is 66.0 cm³/mol. The third kappa shape index (κ3) is 2.15. The Bertz CT molecular complexity index is 400. The lowest BCUT2D eigenvalue weighted by atomic mass is 9.87. The van der Waals surface area contributed by atoms with Crippen LogP contribution < -0.4 is 5.32 Å². The Morgan fingerprint density at radius 2 is 2.00 bits per heavy atom. The molecule has 1 heterocycles. The summed E-state index contributed by atoms with van der Waals surface area (Å²) in [6, 6.07) is 5.01. The second-order valence-corrected chi connectivity index (χ2v) is 4.22. The average molecular weight is 222 g/mol. The van der Waals surface area contributed by atoms with Crippen LogP contribution in [0, 0.1) is 10.1 Å². The molecule has 1 N–H and O–H groups in total. The Morgan fingerprint density at radius 1 is 1.38 bits per heavy atom. The highest BCUT2D eigenvalue weighted by molar-refractivity contribution is 5.63. The van der Waals surface area contributed by atoms with E-state index in [2.05, 4.69) is 19.2 Å². The minimum Gasteiger partial charge on any atom is -0.384 e. The molecular formula is C12H18N2O2. The summed E-state index contributed by atoms with van der Waals surface area (Å²) in [5.74, 6) is 0. The highest BCUT2D eigenvalue weighted by atomic mass is 16.6. The minimum atomic E-state index is -0.368. The van der Waals surface area contributed by atoms with Crippen molar-refractivity contribution in [2.24, 2.45) is 0 Å². The average Bonchev–Trinajstić information content (AvgIpc) is 2.57. The molecule has 0 radical (unpaired) electrons. The maximum Gasteiger partial charge on any atom is 0.271 e. The van der Waals surface area contributed by atoms with E-state index in [1.165, 1.54) is 0 Å². The number of benzene rings is 1. The van der Waals surface area contributed by atoms with Gasteiger partial charge in [0.1, 0.15) is 0 Å². The predicted octanol–water partition coefficient (Wildman–Crippen LogP) is 3.32. The fourth-order valence-electron chi connectivity index (χ4n) is 1.79. The first kappa shape index (κ1) is 12.5. The van der Waals surface area contributed by atoms with Gasteiger partial charge in [-0.1, -0.05) is 27.7 Å². The molecule has 0 spiro atoms. The summed E-state index contributed by atoms with van der Waals surface area (Å²) >= 11 is 0. The molecule has 0 aromatic heterocycles. The van der Waals surface area contributed by atoms with Gasteiger partial charge in [-0.05, 0) is 11.6 Å². The minimum absolute atomic E-state index is 0.0739. The lowest BCUT2D eigenvalue weighted by Gasteiger charge is -2.16. The van der Waals surface area contributed by atoms with E-state index in [1.807, 2.05) is 19.9 Å². The number of hydrogen-bond donors (Lipinski definition) is 1. The first-order valence-corrected chi connectivity index (χ1v) is 5.53. The zero-order valence-corrected chi connectivity index (χ0v) is 10.2. The summed E-state index contributed by atoms with van der Waals surface area (Å²) in [6.07, 6.45) is 0. The highest BCUT2D eigenvalue weighted by Crippen LogP contribution is 2.37. The van der Waals surface area contributed by atoms with E-state index in [0.717, 1.165) is 17.8 Å². The number of fused-ring (bicyclic) bond motifs is 1. The number of nitro benzene ring substituents is 1. The van der Waals surface area contributed by atoms with Gasteiger partial charge in [0.25, 0.3) is 5.69 Å². The first-order valence-electron chi connectivity index (χ1n) is 5.53. The van der Waals surface area contributed by atoms with Gasteiger partial charge in [-0.15, -0.1) is 0 Å². The molecule has 1 aliphatic rings. The molecule has 0 saturated carbocycles. The molecule has 0 saturated heterocycles. The van der Waals surface area contributed by atoms with E-state index >= 15 is 0 Å². The Labute approximate surface area is 95.8 Å². The molecular weight excluding hydrogens is 204 g/mol. The summed E-state index contributed by atoms with van der Waals surface area (Å²) < 4.78 is 0. The second kappa shape index (κ2) is 4.51. The largest absolute Gasteiger partial charge is 0.384 e. The number of nitrogens with zero attached hydrogens (tertiary/aromatic N) is 1. The molecule has 88 valence electrons. The number of nitrogens with one attached hydrogen (secondary N) is 1. The summed E-state index contributed by atoms with van der Waals surface area (Å²) in [5.41, 5.74) is 2.27. The Hall–Kier alpha value is -1.58. The summed E-state index contributed by atoms with van der Waals surface area (Å²) in [4.78, 5) is 10.2. The number of nitro groups is 1. The molecule has 16 heavy (non-hydrogen) atoms. The van der Waals surface area contributed by atoms with E-state index in [-0.39, 0.29) is 16.0 Å². The van der Waals surface area contributed by atoms with Crippen LogP contribution in [-0.4, -0.2) is 11.5 Å². The molecule has 1 aromatic rings. The molecule has 0 unspecified atom stereocenters. The van der Waals surface area contributed by atoms with E-state index in [4.69, 9.17) is 0 Å². The molecule has 0 amide bonds. The molecule has 4 nitrogen and oxygen atoms in total. The van der Waals surface area contributed by atoms with Gasteiger partial charge in [-0.3, -0.25) is 10.1 Å². The highest BCUT2D eigenvalue weighted by Gasteiger charge is 2.30. The van der Waals surface area contributed by atoms with Crippen LogP contribution in [0.1, 0.15) is 33.3 Å². The zero-order chi connectivity index (χ0) is 12.3. The Balaban J connectivity index is 0.000000606. The van der Waals surface area contributed by atoms with Gasteiger partial charge in [-0.25, -0.2) is 0 Å². The van der Waals surface area contributed by atoms with Gasteiger partial charge in [-0.2, -0.15) is 0 Å². The molecule has 1 aromatic carbocycles. The smallest absolute Gasteiger partial charge is 0.271 e. The topological polar surface area (TPSA) is 55.2 Å². The molecule has 0 atom stereocenters. The van der Waals surface area contributed by atoms with Crippen molar-refractivity contribution < 1.29 is 4.92 Å². The third-order valence-electron chi connectivity index (χ3n) is 2.66. The molecule has 4 heteroatoms. The van der Waals surface area contributed by atoms with E-state index in [0.29, 0.717) is 0 Å². The second-order valence-electron chi connectivity index (χ2n) is 4.22. The van der Waals surface area contributed by atoms with Crippen LogP contribution in [-0.2, 0) is 5.41 Å². The molecule has 0 fully saturated rings. The van der Waals surface area contributed by atoms with Crippen molar-refractivity contribution in [2.45, 2.75) is 33.1 Å². The number of anilines is 1. The van der Waals surface area contributed by atoms with Crippen molar-refractivity contribution in [1.82, 2.24) is 0 Å². The lowest BCUT2D eigenvalue weighted by Crippen LogP contribution is -2.18. The SMILES string of the molecule is CC.CC1(C)CNc2cc([N+](=O)[O-])ccc21. The van der Waals surface area contributed by atoms with Crippen molar-refractivity contribution in [2.75, 3.05) is 11.9 Å². The van der Waals surface area contributed by atoms with Crippen molar-refractivity contribution in [3.8, 4) is 0 Å². The summed E-state index contributed by atoms with van der Waals surface area (Å²) in [6.45, 7) is 9.08. The first-order chi connectivity index (χ1) is 7.50. The zero-order valence-electron chi connectivity index (χ0n) is 10.2. The standard InChI is InChI=1S/C10H12N2O2.C2H6/c1-10(2)6-11-9-5-7(12(13)14)3-4-8(9)10;1-2/h3-5,11H,6H2,1-2H3;1-2H3. The fraction of sp³-hybridized carbons (Fsp3) is 0.500. The van der Waals surface area contributed by atoms with Crippen LogP contribution in [0.2, 0.25) is 0 Å². The van der Waals surface area contributed by atoms with E-state index in [9.17, 15) is 10.1 Å². The normalized spacial score (nSPS) is 15.5. The van der Waals surface area contributed by atoms with Crippen molar-refractivity contribution >= 4 is 11.4 Å². The van der Waals surface area contributed by atoms with Crippen LogP contribution in [0.5, 0.6) is 0 Å². The molecule has 2 rings (SSSR count). The van der Waals surface area contributed by atoms with Crippen LogP contribution in [0.3, 0.4) is 0 Å². The van der Waals surface area contributed by atoms with E-state index < -0.39 is 0 Å². The van der Waals surface area contributed by atoms with Crippen molar-refractivity contribution in [3.63, 3.8) is 0 Å². The lowest BCUT2D eigenvalue weighted by molar-refractivity contribution is -0.384. The van der Waals surface area contributed by atoms with Gasteiger partial charge in [0.05, 0.1) is 4.92 Å². The van der Waals surface area contributed by atoms with Crippen LogP contribution in [0.15, 0.2) is 18.2 Å². The van der Waals surface area contributed by atoms with Crippen LogP contribution in [0.4, 0.5) is 11.4 Å². The summed E-state index contributed by atoms with van der Waals surface area (Å²) in [7, 11) is 0. The Morgan fingerprint density at radius 3 is 2.56 bits per heavy atom. The fourth-order valence-corrected chi connectivity index (χ4v) is 1.79. The summed E-state index contributed by atoms with van der Waals surface area (Å²) in [5, 5.41) is 13.7. The molecule has 1 aliphatic heterocycles.